The van der Waals surface area contributed by atoms with Crippen molar-refractivity contribution in [3.05, 3.63) is 71.9 Å². The van der Waals surface area contributed by atoms with Gasteiger partial charge in [-0.3, -0.25) is 9.59 Å². The van der Waals surface area contributed by atoms with E-state index in [1.54, 1.807) is 36.4 Å². The number of carbonyl (C=O) groups excluding carboxylic acids is 2. The van der Waals surface area contributed by atoms with Gasteiger partial charge in [0.15, 0.2) is 17.3 Å². The summed E-state index contributed by atoms with van der Waals surface area (Å²) in [5, 5.41) is 13.9. The van der Waals surface area contributed by atoms with E-state index in [4.69, 9.17) is 4.74 Å². The van der Waals surface area contributed by atoms with Gasteiger partial charge in [0.1, 0.15) is 5.75 Å². The SMILES string of the molecule is CC(=O)c1ccc(NC(=O)c2ccc(Nc3ccc(OC(C)C)cc3)nn2)cc1. The molecule has 0 fully saturated rings. The first-order chi connectivity index (χ1) is 13.9. The molecule has 2 aromatic carbocycles. The number of ether oxygens (including phenoxy) is 1. The molecule has 0 saturated heterocycles. The van der Waals surface area contributed by atoms with E-state index < -0.39 is 0 Å². The smallest absolute Gasteiger partial charge is 0.276 e. The number of carbonyl (C=O) groups is 2. The van der Waals surface area contributed by atoms with E-state index in [1.807, 2.05) is 38.1 Å². The van der Waals surface area contributed by atoms with Crippen molar-refractivity contribution in [2.24, 2.45) is 0 Å². The summed E-state index contributed by atoms with van der Waals surface area (Å²) in [6.45, 7) is 5.44. The van der Waals surface area contributed by atoms with E-state index >= 15 is 0 Å². The molecule has 7 nitrogen and oxygen atoms in total. The average Bonchev–Trinajstić information content (AvgIpc) is 2.70. The van der Waals surface area contributed by atoms with Gasteiger partial charge in [0.2, 0.25) is 0 Å². The molecule has 1 heterocycles. The molecule has 7 heteroatoms. The normalized spacial score (nSPS) is 10.5. The van der Waals surface area contributed by atoms with Gasteiger partial charge in [0.25, 0.3) is 5.91 Å². The van der Waals surface area contributed by atoms with E-state index in [-0.39, 0.29) is 23.5 Å². The molecular weight excluding hydrogens is 368 g/mol. The molecule has 0 saturated carbocycles. The van der Waals surface area contributed by atoms with E-state index in [9.17, 15) is 9.59 Å². The molecule has 0 aliphatic carbocycles. The van der Waals surface area contributed by atoms with Crippen molar-refractivity contribution in [1.29, 1.82) is 0 Å². The fourth-order valence-corrected chi connectivity index (χ4v) is 2.54. The second-order valence-electron chi connectivity index (χ2n) is 6.71. The molecule has 1 aromatic heterocycles. The molecule has 148 valence electrons. The Morgan fingerprint density at radius 1 is 0.862 bits per heavy atom. The van der Waals surface area contributed by atoms with E-state index in [1.165, 1.54) is 6.92 Å². The van der Waals surface area contributed by atoms with Gasteiger partial charge in [-0.25, -0.2) is 0 Å². The summed E-state index contributed by atoms with van der Waals surface area (Å²) in [7, 11) is 0. The van der Waals surface area contributed by atoms with Crippen molar-refractivity contribution in [3.8, 4) is 5.75 Å². The number of anilines is 3. The molecule has 0 aliphatic heterocycles. The summed E-state index contributed by atoms with van der Waals surface area (Å²) < 4.78 is 5.61. The highest BCUT2D eigenvalue weighted by Gasteiger charge is 2.09. The largest absolute Gasteiger partial charge is 0.491 e. The molecule has 29 heavy (non-hydrogen) atoms. The van der Waals surface area contributed by atoms with Gasteiger partial charge in [0, 0.05) is 16.9 Å². The van der Waals surface area contributed by atoms with Crippen molar-refractivity contribution in [3.63, 3.8) is 0 Å². The maximum atomic E-state index is 12.3. The standard InChI is InChI=1S/C22H22N4O3/c1-14(2)29-19-10-8-17(9-11-19)23-21-13-12-20(25-26-21)22(28)24-18-6-4-16(5-7-18)15(3)27/h4-14H,1-3H3,(H,23,26)(H,24,28). The van der Waals surface area contributed by atoms with Gasteiger partial charge >= 0.3 is 0 Å². The minimum Gasteiger partial charge on any atom is -0.491 e. The molecule has 3 rings (SSSR count). The molecular formula is C22H22N4O3. The molecule has 0 bridgehead atoms. The third kappa shape index (κ3) is 5.62. The van der Waals surface area contributed by atoms with Gasteiger partial charge in [-0.05, 0) is 81.4 Å². The van der Waals surface area contributed by atoms with Gasteiger partial charge < -0.3 is 15.4 Å². The summed E-state index contributed by atoms with van der Waals surface area (Å²) >= 11 is 0. The Morgan fingerprint density at radius 3 is 2.07 bits per heavy atom. The highest BCUT2D eigenvalue weighted by Crippen LogP contribution is 2.19. The molecule has 2 N–H and O–H groups in total. The van der Waals surface area contributed by atoms with Crippen molar-refractivity contribution in [1.82, 2.24) is 10.2 Å². The second kappa shape index (κ2) is 8.97. The van der Waals surface area contributed by atoms with Crippen LogP contribution in [0.3, 0.4) is 0 Å². The molecule has 0 atom stereocenters. The summed E-state index contributed by atoms with van der Waals surface area (Å²) in [6.07, 6.45) is 0.116. The lowest BCUT2D eigenvalue weighted by Gasteiger charge is -2.11. The van der Waals surface area contributed by atoms with Crippen LogP contribution in [0.25, 0.3) is 0 Å². The number of nitrogens with zero attached hydrogens (tertiary/aromatic N) is 2. The summed E-state index contributed by atoms with van der Waals surface area (Å²) in [5.74, 6) is 0.901. The minimum atomic E-state index is -0.380. The summed E-state index contributed by atoms with van der Waals surface area (Å²) in [4.78, 5) is 23.6. The monoisotopic (exact) mass is 390 g/mol. The van der Waals surface area contributed by atoms with Crippen molar-refractivity contribution >= 4 is 28.9 Å². The van der Waals surface area contributed by atoms with Crippen LogP contribution in [0.4, 0.5) is 17.2 Å². The average molecular weight is 390 g/mol. The Balaban J connectivity index is 1.60. The van der Waals surface area contributed by atoms with Crippen molar-refractivity contribution in [2.75, 3.05) is 10.6 Å². The van der Waals surface area contributed by atoms with Crippen molar-refractivity contribution in [2.45, 2.75) is 26.9 Å². The Bertz CT molecular complexity index is 982. The first-order valence-corrected chi connectivity index (χ1v) is 9.20. The third-order valence-electron chi connectivity index (χ3n) is 3.94. The van der Waals surface area contributed by atoms with Crippen LogP contribution in [0, 0.1) is 0 Å². The van der Waals surface area contributed by atoms with Crippen LogP contribution in [0.2, 0.25) is 0 Å². The molecule has 0 unspecified atom stereocenters. The Kier molecular flexibility index (Phi) is 6.19. The summed E-state index contributed by atoms with van der Waals surface area (Å²) in [6, 6.07) is 17.4. The van der Waals surface area contributed by atoms with E-state index in [2.05, 4.69) is 20.8 Å². The molecule has 3 aromatic rings. The fourth-order valence-electron chi connectivity index (χ4n) is 2.54. The number of hydrogen-bond donors (Lipinski definition) is 2. The molecule has 0 spiro atoms. The van der Waals surface area contributed by atoms with Gasteiger partial charge in [-0.2, -0.15) is 0 Å². The van der Waals surface area contributed by atoms with Gasteiger partial charge in [0.05, 0.1) is 6.10 Å². The maximum absolute atomic E-state index is 12.3. The van der Waals surface area contributed by atoms with Gasteiger partial charge in [-0.1, -0.05) is 0 Å². The Labute approximate surface area is 169 Å². The lowest BCUT2D eigenvalue weighted by molar-refractivity contribution is 0.101. The quantitative estimate of drug-likeness (QED) is 0.579. The Morgan fingerprint density at radius 2 is 1.52 bits per heavy atom. The van der Waals surface area contributed by atoms with Crippen LogP contribution in [0.15, 0.2) is 60.7 Å². The number of amides is 1. The predicted molar refractivity (Wildman–Crippen MR) is 112 cm³/mol. The van der Waals surface area contributed by atoms with Crippen LogP contribution >= 0.6 is 0 Å². The lowest BCUT2D eigenvalue weighted by Crippen LogP contribution is -2.14. The number of rotatable bonds is 7. The second-order valence-corrected chi connectivity index (χ2v) is 6.71. The molecule has 0 aliphatic rings. The Hall–Kier alpha value is -3.74. The number of hydrogen-bond acceptors (Lipinski definition) is 6. The van der Waals surface area contributed by atoms with Crippen LogP contribution in [-0.4, -0.2) is 28.0 Å². The number of ketones is 1. The number of benzene rings is 2. The third-order valence-corrected chi connectivity index (χ3v) is 3.94. The minimum absolute atomic E-state index is 0.0288. The van der Waals surface area contributed by atoms with Crippen LogP contribution in [0.5, 0.6) is 5.75 Å². The van der Waals surface area contributed by atoms with Crippen LogP contribution in [-0.2, 0) is 0 Å². The van der Waals surface area contributed by atoms with Crippen LogP contribution in [0.1, 0.15) is 41.6 Å². The highest BCUT2D eigenvalue weighted by atomic mass is 16.5. The summed E-state index contributed by atoms with van der Waals surface area (Å²) in [5.41, 5.74) is 2.18. The highest BCUT2D eigenvalue weighted by molar-refractivity contribution is 6.03. The van der Waals surface area contributed by atoms with Gasteiger partial charge in [-0.15, -0.1) is 10.2 Å². The number of Topliss-reactive ketones (excluding diaryl/α,β-unsaturated/α-hetero) is 1. The first kappa shape index (κ1) is 20.0. The first-order valence-electron chi connectivity index (χ1n) is 9.20. The maximum Gasteiger partial charge on any atom is 0.276 e. The number of aromatic nitrogens is 2. The van der Waals surface area contributed by atoms with E-state index in [0.717, 1.165) is 11.4 Å². The van der Waals surface area contributed by atoms with Crippen LogP contribution < -0.4 is 15.4 Å². The zero-order chi connectivity index (χ0) is 20.8. The topological polar surface area (TPSA) is 93.2 Å². The van der Waals surface area contributed by atoms with E-state index in [0.29, 0.717) is 17.1 Å². The zero-order valence-corrected chi connectivity index (χ0v) is 16.5. The lowest BCUT2D eigenvalue weighted by atomic mass is 10.1. The van der Waals surface area contributed by atoms with Crippen molar-refractivity contribution < 1.29 is 14.3 Å². The number of nitrogens with one attached hydrogen (secondary N) is 2. The zero-order valence-electron chi connectivity index (χ0n) is 16.5. The molecule has 1 amide bonds. The fraction of sp³-hybridized carbons (Fsp3) is 0.182. The molecule has 0 radical (unpaired) electrons. The predicted octanol–water partition coefficient (Wildman–Crippen LogP) is 4.46.